The lowest BCUT2D eigenvalue weighted by Gasteiger charge is -2.13. The number of methoxy groups -OCH3 is 1. The Morgan fingerprint density at radius 3 is 2.80 bits per heavy atom. The minimum absolute atomic E-state index is 0.173. The van der Waals surface area contributed by atoms with Crippen molar-refractivity contribution in [2.45, 2.75) is 32.2 Å². The molecule has 0 spiro atoms. The van der Waals surface area contributed by atoms with Crippen LogP contribution in [0.5, 0.6) is 5.75 Å². The van der Waals surface area contributed by atoms with Crippen LogP contribution in [0.1, 0.15) is 36.4 Å². The first-order valence-electron chi connectivity index (χ1n) is 5.61. The Balaban J connectivity index is 2.12. The molecular formula is C13H19NO. The van der Waals surface area contributed by atoms with Gasteiger partial charge in [0.2, 0.25) is 0 Å². The zero-order chi connectivity index (χ0) is 10.8. The molecule has 0 bridgehead atoms. The van der Waals surface area contributed by atoms with Crippen LogP contribution in [0.2, 0.25) is 0 Å². The van der Waals surface area contributed by atoms with E-state index in [-0.39, 0.29) is 6.04 Å². The van der Waals surface area contributed by atoms with Crippen molar-refractivity contribution in [3.63, 3.8) is 0 Å². The highest BCUT2D eigenvalue weighted by molar-refractivity contribution is 5.37. The molecule has 1 saturated carbocycles. The van der Waals surface area contributed by atoms with Gasteiger partial charge in [-0.2, -0.15) is 0 Å². The van der Waals surface area contributed by atoms with Crippen molar-refractivity contribution in [1.29, 1.82) is 0 Å². The van der Waals surface area contributed by atoms with Gasteiger partial charge in [-0.25, -0.2) is 0 Å². The first kappa shape index (κ1) is 10.5. The van der Waals surface area contributed by atoms with Gasteiger partial charge in [-0.1, -0.05) is 25.0 Å². The first-order chi connectivity index (χ1) is 7.20. The van der Waals surface area contributed by atoms with Crippen LogP contribution in [0, 0.1) is 12.8 Å². The molecule has 2 heteroatoms. The van der Waals surface area contributed by atoms with E-state index < -0.39 is 0 Å². The molecule has 0 aromatic heterocycles. The Labute approximate surface area is 91.4 Å². The minimum atomic E-state index is 0.173. The molecule has 15 heavy (non-hydrogen) atoms. The molecule has 2 N–H and O–H groups in total. The highest BCUT2D eigenvalue weighted by Crippen LogP contribution is 2.37. The largest absolute Gasteiger partial charge is 0.496 e. The van der Waals surface area contributed by atoms with Crippen molar-refractivity contribution in [3.05, 3.63) is 29.3 Å². The van der Waals surface area contributed by atoms with E-state index in [2.05, 4.69) is 25.1 Å². The zero-order valence-electron chi connectivity index (χ0n) is 9.49. The molecule has 0 heterocycles. The van der Waals surface area contributed by atoms with Crippen molar-refractivity contribution in [2.24, 2.45) is 11.7 Å². The second-order valence-corrected chi connectivity index (χ2v) is 4.51. The third kappa shape index (κ3) is 2.51. The summed E-state index contributed by atoms with van der Waals surface area (Å²) in [6.07, 6.45) is 3.83. The highest BCUT2D eigenvalue weighted by atomic mass is 16.5. The third-order valence-electron chi connectivity index (χ3n) is 3.14. The lowest BCUT2D eigenvalue weighted by Crippen LogP contribution is -2.11. The summed E-state index contributed by atoms with van der Waals surface area (Å²) in [5.74, 6) is 1.81. The summed E-state index contributed by atoms with van der Waals surface area (Å²) in [5.41, 5.74) is 8.52. The Morgan fingerprint density at radius 2 is 2.20 bits per heavy atom. The van der Waals surface area contributed by atoms with Crippen LogP contribution in [-0.4, -0.2) is 7.11 Å². The van der Waals surface area contributed by atoms with E-state index in [1.165, 1.54) is 24.0 Å². The van der Waals surface area contributed by atoms with Crippen molar-refractivity contribution in [3.8, 4) is 5.75 Å². The van der Waals surface area contributed by atoms with Crippen LogP contribution in [0.25, 0.3) is 0 Å². The Morgan fingerprint density at radius 1 is 1.47 bits per heavy atom. The van der Waals surface area contributed by atoms with Gasteiger partial charge in [-0.3, -0.25) is 0 Å². The minimum Gasteiger partial charge on any atom is -0.496 e. The molecule has 2 rings (SSSR count). The molecule has 1 atom stereocenters. The summed E-state index contributed by atoms with van der Waals surface area (Å²) in [5, 5.41) is 0. The molecule has 2 nitrogen and oxygen atoms in total. The molecule has 0 radical (unpaired) electrons. The summed E-state index contributed by atoms with van der Waals surface area (Å²) in [4.78, 5) is 0. The molecule has 1 aliphatic carbocycles. The van der Waals surface area contributed by atoms with Crippen molar-refractivity contribution in [2.75, 3.05) is 7.11 Å². The van der Waals surface area contributed by atoms with Gasteiger partial charge >= 0.3 is 0 Å². The van der Waals surface area contributed by atoms with Gasteiger partial charge in [-0.15, -0.1) is 0 Å². The van der Waals surface area contributed by atoms with E-state index in [1.54, 1.807) is 7.11 Å². The number of hydrogen-bond donors (Lipinski definition) is 1. The normalized spacial score (nSPS) is 17.5. The number of ether oxygens (including phenoxy) is 1. The topological polar surface area (TPSA) is 35.2 Å². The van der Waals surface area contributed by atoms with Crippen molar-refractivity contribution in [1.82, 2.24) is 0 Å². The molecule has 1 aliphatic rings. The fraction of sp³-hybridized carbons (Fsp3) is 0.538. The molecule has 1 aromatic rings. The van der Waals surface area contributed by atoms with E-state index in [4.69, 9.17) is 10.5 Å². The number of hydrogen-bond acceptors (Lipinski definition) is 2. The van der Waals surface area contributed by atoms with E-state index in [0.29, 0.717) is 0 Å². The first-order valence-corrected chi connectivity index (χ1v) is 5.61. The Kier molecular flexibility index (Phi) is 2.96. The van der Waals surface area contributed by atoms with Gasteiger partial charge < -0.3 is 10.5 Å². The molecular weight excluding hydrogens is 186 g/mol. The van der Waals surface area contributed by atoms with Gasteiger partial charge in [0.1, 0.15) is 5.75 Å². The number of aryl methyl sites for hydroxylation is 1. The number of nitrogens with two attached hydrogens (primary N) is 1. The fourth-order valence-corrected chi connectivity index (χ4v) is 1.92. The summed E-state index contributed by atoms with van der Waals surface area (Å²) >= 11 is 0. The van der Waals surface area contributed by atoms with Gasteiger partial charge in [-0.05, 0) is 36.5 Å². The maximum absolute atomic E-state index is 6.15. The molecule has 0 unspecified atom stereocenters. The zero-order valence-corrected chi connectivity index (χ0v) is 9.49. The third-order valence-corrected chi connectivity index (χ3v) is 3.14. The lowest BCUT2D eigenvalue weighted by molar-refractivity contribution is 0.410. The Bertz CT molecular complexity index is 344. The summed E-state index contributed by atoms with van der Waals surface area (Å²) in [7, 11) is 1.71. The predicted molar refractivity (Wildman–Crippen MR) is 62.0 cm³/mol. The van der Waals surface area contributed by atoms with Crippen LogP contribution in [0.3, 0.4) is 0 Å². The maximum Gasteiger partial charge on any atom is 0.122 e. The predicted octanol–water partition coefficient (Wildman–Crippen LogP) is 2.80. The molecule has 82 valence electrons. The SMILES string of the molecule is COc1cc([C@H](N)CC2CC2)ccc1C. The molecule has 0 saturated heterocycles. The smallest absolute Gasteiger partial charge is 0.122 e. The van der Waals surface area contributed by atoms with Crippen LogP contribution >= 0.6 is 0 Å². The lowest BCUT2D eigenvalue weighted by atomic mass is 10.0. The van der Waals surface area contributed by atoms with Gasteiger partial charge in [0.05, 0.1) is 7.11 Å². The van der Waals surface area contributed by atoms with Crippen molar-refractivity contribution >= 4 is 0 Å². The fourth-order valence-electron chi connectivity index (χ4n) is 1.92. The monoisotopic (exact) mass is 205 g/mol. The number of benzene rings is 1. The quantitative estimate of drug-likeness (QED) is 0.820. The van der Waals surface area contributed by atoms with E-state index in [1.807, 2.05) is 0 Å². The van der Waals surface area contributed by atoms with Gasteiger partial charge in [0, 0.05) is 6.04 Å². The summed E-state index contributed by atoms with van der Waals surface area (Å²) in [6, 6.07) is 6.45. The molecule has 1 aromatic carbocycles. The van der Waals surface area contributed by atoms with Crippen LogP contribution in [0.4, 0.5) is 0 Å². The van der Waals surface area contributed by atoms with Crippen LogP contribution in [-0.2, 0) is 0 Å². The molecule has 0 aliphatic heterocycles. The van der Waals surface area contributed by atoms with Crippen LogP contribution in [0.15, 0.2) is 18.2 Å². The second-order valence-electron chi connectivity index (χ2n) is 4.51. The van der Waals surface area contributed by atoms with Crippen LogP contribution < -0.4 is 10.5 Å². The van der Waals surface area contributed by atoms with E-state index >= 15 is 0 Å². The summed E-state index contributed by atoms with van der Waals surface area (Å²) in [6.45, 7) is 2.05. The highest BCUT2D eigenvalue weighted by Gasteiger charge is 2.24. The second kappa shape index (κ2) is 4.23. The van der Waals surface area contributed by atoms with E-state index in [0.717, 1.165) is 18.1 Å². The maximum atomic E-state index is 6.15. The molecule has 0 amide bonds. The van der Waals surface area contributed by atoms with E-state index in [9.17, 15) is 0 Å². The standard InChI is InChI=1S/C13H19NO/c1-9-3-6-11(8-13(9)15-2)12(14)7-10-4-5-10/h3,6,8,10,12H,4-5,7,14H2,1-2H3/t12-/m1/s1. The average molecular weight is 205 g/mol. The van der Waals surface area contributed by atoms with Gasteiger partial charge in [0.25, 0.3) is 0 Å². The average Bonchev–Trinajstić information content (AvgIpc) is 3.02. The Hall–Kier alpha value is -1.02. The van der Waals surface area contributed by atoms with Gasteiger partial charge in [0.15, 0.2) is 0 Å². The molecule has 1 fully saturated rings. The van der Waals surface area contributed by atoms with Crippen molar-refractivity contribution < 1.29 is 4.74 Å². The summed E-state index contributed by atoms with van der Waals surface area (Å²) < 4.78 is 5.30. The number of rotatable bonds is 4.